The van der Waals surface area contributed by atoms with Gasteiger partial charge in [-0.2, -0.15) is 0 Å². The Labute approximate surface area is 162 Å². The van der Waals surface area contributed by atoms with E-state index in [-0.39, 0.29) is 12.5 Å². The van der Waals surface area contributed by atoms with Crippen molar-refractivity contribution in [2.45, 2.75) is 19.8 Å². The van der Waals surface area contributed by atoms with Gasteiger partial charge in [-0.3, -0.25) is 4.79 Å². The van der Waals surface area contributed by atoms with E-state index in [1.54, 1.807) is 11.3 Å². The van der Waals surface area contributed by atoms with Gasteiger partial charge in [0.05, 0.1) is 5.39 Å². The number of aryl methyl sites for hydroxylation is 1. The highest BCUT2D eigenvalue weighted by molar-refractivity contribution is 7.21. The summed E-state index contributed by atoms with van der Waals surface area (Å²) in [5.41, 5.74) is 1.16. The highest BCUT2D eigenvalue weighted by Crippen LogP contribution is 2.36. The van der Waals surface area contributed by atoms with E-state index in [4.69, 9.17) is 5.11 Å². The van der Waals surface area contributed by atoms with Crippen molar-refractivity contribution in [2.24, 2.45) is 0 Å². The zero-order chi connectivity index (χ0) is 19.2. The number of fused-ring (bicyclic) bond motifs is 1. The molecule has 2 N–H and O–H groups in total. The first kappa shape index (κ1) is 19.3. The summed E-state index contributed by atoms with van der Waals surface area (Å²) in [4.78, 5) is 25.2. The number of hydrogen-bond donors (Lipinski definition) is 2. The van der Waals surface area contributed by atoms with E-state index in [0.717, 1.165) is 32.3 Å². The molecule has 1 aromatic carbocycles. The normalized spacial score (nSPS) is 10.9. The zero-order valence-electron chi connectivity index (χ0n) is 15.6. The second-order valence-electron chi connectivity index (χ2n) is 6.39. The van der Waals surface area contributed by atoms with Gasteiger partial charge in [0.2, 0.25) is 5.91 Å². The molecule has 0 saturated heterocycles. The Kier molecular flexibility index (Phi) is 6.36. The molecule has 0 aliphatic heterocycles. The topological polar surface area (TPSA) is 78.4 Å². The van der Waals surface area contributed by atoms with Crippen LogP contribution in [-0.4, -0.2) is 47.7 Å². The molecule has 0 aliphatic carbocycles. The minimum absolute atomic E-state index is 0.0207. The van der Waals surface area contributed by atoms with Gasteiger partial charge in [0.15, 0.2) is 0 Å². The predicted octanol–water partition coefficient (Wildman–Crippen LogP) is 2.99. The van der Waals surface area contributed by atoms with Crippen molar-refractivity contribution >= 4 is 33.3 Å². The van der Waals surface area contributed by atoms with Gasteiger partial charge < -0.3 is 15.3 Å². The van der Waals surface area contributed by atoms with Crippen molar-refractivity contribution in [1.29, 1.82) is 0 Å². The summed E-state index contributed by atoms with van der Waals surface area (Å²) < 4.78 is 0. The van der Waals surface area contributed by atoms with Crippen LogP contribution in [0, 0.1) is 6.92 Å². The molecule has 2 heterocycles. The van der Waals surface area contributed by atoms with Gasteiger partial charge in [0, 0.05) is 38.0 Å². The van der Waals surface area contributed by atoms with Crippen molar-refractivity contribution in [3.05, 3.63) is 42.2 Å². The quantitative estimate of drug-likeness (QED) is 0.584. The Bertz CT molecular complexity index is 911. The van der Waals surface area contributed by atoms with Gasteiger partial charge in [0.1, 0.15) is 16.5 Å². The maximum atomic E-state index is 11.9. The minimum Gasteiger partial charge on any atom is -0.396 e. The van der Waals surface area contributed by atoms with E-state index < -0.39 is 0 Å². The van der Waals surface area contributed by atoms with E-state index in [1.807, 2.05) is 37.1 Å². The van der Waals surface area contributed by atoms with Crippen LogP contribution in [0.25, 0.3) is 20.7 Å². The Balaban J connectivity index is 1.79. The zero-order valence-corrected chi connectivity index (χ0v) is 16.4. The summed E-state index contributed by atoms with van der Waals surface area (Å²) in [7, 11) is 1.95. The summed E-state index contributed by atoms with van der Waals surface area (Å²) in [6.45, 7) is 3.04. The van der Waals surface area contributed by atoms with Crippen molar-refractivity contribution in [3.8, 4) is 10.4 Å². The van der Waals surface area contributed by atoms with Crippen LogP contribution < -0.4 is 10.2 Å². The van der Waals surface area contributed by atoms with E-state index >= 15 is 0 Å². The molecule has 3 rings (SSSR count). The van der Waals surface area contributed by atoms with Crippen molar-refractivity contribution in [2.75, 3.05) is 31.6 Å². The Hall–Kier alpha value is -2.51. The van der Waals surface area contributed by atoms with E-state index in [2.05, 4.69) is 33.5 Å². The molecule has 0 saturated carbocycles. The van der Waals surface area contributed by atoms with E-state index in [0.29, 0.717) is 25.9 Å². The molecule has 7 heteroatoms. The largest absolute Gasteiger partial charge is 0.396 e. The van der Waals surface area contributed by atoms with Crippen LogP contribution in [0.2, 0.25) is 0 Å². The number of aliphatic hydroxyl groups excluding tert-OH is 1. The molecular formula is C20H24N4O2S. The average Bonchev–Trinajstić information content (AvgIpc) is 3.10. The van der Waals surface area contributed by atoms with Crippen molar-refractivity contribution in [3.63, 3.8) is 0 Å². The molecule has 27 heavy (non-hydrogen) atoms. The summed E-state index contributed by atoms with van der Waals surface area (Å²) >= 11 is 1.65. The third kappa shape index (κ3) is 4.81. The van der Waals surface area contributed by atoms with Crippen molar-refractivity contribution in [1.82, 2.24) is 15.3 Å². The van der Waals surface area contributed by atoms with Crippen LogP contribution in [0.3, 0.4) is 0 Å². The van der Waals surface area contributed by atoms with Gasteiger partial charge in [-0.15, -0.1) is 11.3 Å². The predicted molar refractivity (Wildman–Crippen MR) is 110 cm³/mol. The number of hydrogen-bond acceptors (Lipinski definition) is 6. The fraction of sp³-hybridized carbons (Fsp3) is 0.350. The summed E-state index contributed by atoms with van der Waals surface area (Å²) in [6.07, 6.45) is 0.951. The van der Waals surface area contributed by atoms with Gasteiger partial charge in [0.25, 0.3) is 0 Å². The van der Waals surface area contributed by atoms with Crippen molar-refractivity contribution < 1.29 is 9.90 Å². The Morgan fingerprint density at radius 3 is 2.78 bits per heavy atom. The van der Waals surface area contributed by atoms with Crippen LogP contribution in [0.4, 0.5) is 5.82 Å². The molecule has 0 atom stereocenters. The lowest BCUT2D eigenvalue weighted by Crippen LogP contribution is -2.30. The van der Waals surface area contributed by atoms with Crippen LogP contribution in [0.1, 0.15) is 18.7 Å². The smallest absolute Gasteiger partial charge is 0.221 e. The van der Waals surface area contributed by atoms with E-state index in [9.17, 15) is 4.79 Å². The number of rotatable bonds is 8. The number of nitrogens with one attached hydrogen (secondary N) is 1. The molecule has 0 aliphatic rings. The SMILES string of the molecule is Cc1nc(N(C)CCC(=O)NCCCO)c2cc(-c3ccccc3)sc2n1. The molecule has 1 amide bonds. The van der Waals surface area contributed by atoms with Gasteiger partial charge in [-0.05, 0) is 25.0 Å². The molecule has 2 aromatic heterocycles. The number of carbonyl (C=O) groups excluding carboxylic acids is 1. The lowest BCUT2D eigenvalue weighted by Gasteiger charge is -2.19. The molecule has 0 unspecified atom stereocenters. The Morgan fingerprint density at radius 1 is 1.26 bits per heavy atom. The molecule has 0 bridgehead atoms. The highest BCUT2D eigenvalue weighted by atomic mass is 32.1. The average molecular weight is 385 g/mol. The first-order chi connectivity index (χ1) is 13.1. The van der Waals surface area contributed by atoms with Crippen LogP contribution in [0.5, 0.6) is 0 Å². The standard InChI is InChI=1S/C20H24N4O2S/c1-14-22-19(24(2)11-9-18(26)21-10-6-12-25)16-13-17(27-20(16)23-14)15-7-4-3-5-8-15/h3-5,7-8,13,25H,6,9-12H2,1-2H3,(H,21,26). The minimum atomic E-state index is -0.0207. The fourth-order valence-electron chi connectivity index (χ4n) is 2.82. The second-order valence-corrected chi connectivity index (χ2v) is 7.42. The first-order valence-electron chi connectivity index (χ1n) is 9.01. The second kappa shape index (κ2) is 8.92. The molecule has 142 valence electrons. The van der Waals surface area contributed by atoms with E-state index in [1.165, 1.54) is 0 Å². The number of benzene rings is 1. The molecule has 6 nitrogen and oxygen atoms in total. The molecule has 3 aromatic rings. The third-order valence-electron chi connectivity index (χ3n) is 4.24. The third-order valence-corrected chi connectivity index (χ3v) is 5.31. The number of aliphatic hydroxyl groups is 1. The van der Waals surface area contributed by atoms with Crippen LogP contribution >= 0.6 is 11.3 Å². The lowest BCUT2D eigenvalue weighted by molar-refractivity contribution is -0.120. The van der Waals surface area contributed by atoms with Gasteiger partial charge in [-0.1, -0.05) is 30.3 Å². The monoisotopic (exact) mass is 384 g/mol. The lowest BCUT2D eigenvalue weighted by atomic mass is 10.2. The number of aromatic nitrogens is 2. The summed E-state index contributed by atoms with van der Waals surface area (Å²) in [6, 6.07) is 12.4. The molecular weight excluding hydrogens is 360 g/mol. The number of thiophene rings is 1. The number of anilines is 1. The first-order valence-corrected chi connectivity index (χ1v) is 9.82. The Morgan fingerprint density at radius 2 is 2.04 bits per heavy atom. The number of amides is 1. The van der Waals surface area contributed by atoms with Crippen LogP contribution in [-0.2, 0) is 4.79 Å². The maximum absolute atomic E-state index is 11.9. The highest BCUT2D eigenvalue weighted by Gasteiger charge is 2.15. The fourth-order valence-corrected chi connectivity index (χ4v) is 3.89. The van der Waals surface area contributed by atoms with Gasteiger partial charge >= 0.3 is 0 Å². The van der Waals surface area contributed by atoms with Crippen LogP contribution in [0.15, 0.2) is 36.4 Å². The number of carbonyl (C=O) groups is 1. The summed E-state index contributed by atoms with van der Waals surface area (Å²) in [5, 5.41) is 12.6. The number of nitrogens with zero attached hydrogens (tertiary/aromatic N) is 3. The van der Waals surface area contributed by atoms with Gasteiger partial charge in [-0.25, -0.2) is 9.97 Å². The maximum Gasteiger partial charge on any atom is 0.221 e. The molecule has 0 radical (unpaired) electrons. The molecule has 0 fully saturated rings. The summed E-state index contributed by atoms with van der Waals surface area (Å²) in [5.74, 6) is 1.55. The molecule has 0 spiro atoms.